The van der Waals surface area contributed by atoms with Crippen molar-refractivity contribution in [1.82, 2.24) is 0 Å². The van der Waals surface area contributed by atoms with Gasteiger partial charge in [0.05, 0.1) is 0 Å². The van der Waals surface area contributed by atoms with Crippen molar-refractivity contribution in [3.05, 3.63) is 27.8 Å². The smallest absolute Gasteiger partial charge is 0.423 e. The zero-order valence-electron chi connectivity index (χ0n) is 9.83. The highest BCUT2D eigenvalue weighted by Gasteiger charge is 2.25. The van der Waals surface area contributed by atoms with Crippen LogP contribution < -0.4 is 11.2 Å². The van der Waals surface area contributed by atoms with Crippen LogP contribution in [0.4, 0.5) is 0 Å². The molecule has 0 aliphatic heterocycles. The molecular formula is C11H15BClNO3. The molecule has 0 spiro atoms. The van der Waals surface area contributed by atoms with E-state index in [9.17, 15) is 14.8 Å². The van der Waals surface area contributed by atoms with Gasteiger partial charge in [-0.05, 0) is 35.5 Å². The van der Waals surface area contributed by atoms with Crippen molar-refractivity contribution in [3.63, 3.8) is 0 Å². The molecule has 0 unspecified atom stereocenters. The molecule has 0 aliphatic carbocycles. The molecule has 0 radical (unpaired) electrons. The second-order valence-electron chi connectivity index (χ2n) is 3.72. The summed E-state index contributed by atoms with van der Waals surface area (Å²) in [6, 6.07) is 1.49. The van der Waals surface area contributed by atoms with Gasteiger partial charge < -0.3 is 15.8 Å². The zero-order chi connectivity index (χ0) is 13.2. The molecule has 4 N–H and O–H groups in total. The first kappa shape index (κ1) is 14.0. The highest BCUT2D eigenvalue weighted by atomic mass is 35.5. The van der Waals surface area contributed by atoms with E-state index in [4.69, 9.17) is 17.3 Å². The molecule has 1 rings (SSSR count). The summed E-state index contributed by atoms with van der Waals surface area (Å²) in [5.41, 5.74) is 7.00. The molecule has 0 saturated carbocycles. The first-order valence-corrected chi connectivity index (χ1v) is 5.81. The van der Waals surface area contributed by atoms with Crippen LogP contribution >= 0.6 is 11.6 Å². The fourth-order valence-corrected chi connectivity index (χ4v) is 2.37. The number of primary amides is 1. The SMILES string of the molecule is CCc1c(Cl)cc(C(N)=O)c(CC)c1B(O)O. The minimum absolute atomic E-state index is 0.248. The Hall–Kier alpha value is -1.04. The molecule has 4 nitrogen and oxygen atoms in total. The van der Waals surface area contributed by atoms with E-state index < -0.39 is 13.0 Å². The van der Waals surface area contributed by atoms with Gasteiger partial charge in [-0.2, -0.15) is 0 Å². The van der Waals surface area contributed by atoms with Crippen molar-refractivity contribution in [3.8, 4) is 0 Å². The van der Waals surface area contributed by atoms with Crippen molar-refractivity contribution in [1.29, 1.82) is 0 Å². The Bertz CT molecular complexity index is 449. The topological polar surface area (TPSA) is 83.6 Å². The number of rotatable bonds is 4. The maximum atomic E-state index is 11.3. The van der Waals surface area contributed by atoms with Gasteiger partial charge in [-0.25, -0.2) is 0 Å². The van der Waals surface area contributed by atoms with E-state index >= 15 is 0 Å². The number of amides is 1. The molecule has 6 heteroatoms. The first-order chi connectivity index (χ1) is 7.93. The quantitative estimate of drug-likeness (QED) is 0.674. The summed E-state index contributed by atoms with van der Waals surface area (Å²) in [6.45, 7) is 3.68. The Morgan fingerprint density at radius 1 is 1.35 bits per heavy atom. The molecule has 0 heterocycles. The summed E-state index contributed by atoms with van der Waals surface area (Å²) in [7, 11) is -1.66. The number of hydrogen-bond donors (Lipinski definition) is 3. The second kappa shape index (κ2) is 5.53. The molecule has 0 saturated heterocycles. The van der Waals surface area contributed by atoms with Gasteiger partial charge >= 0.3 is 7.12 Å². The molecule has 1 aromatic rings. The van der Waals surface area contributed by atoms with Gasteiger partial charge in [-0.1, -0.05) is 25.4 Å². The summed E-state index contributed by atoms with van der Waals surface area (Å²) in [5.74, 6) is -0.617. The number of benzene rings is 1. The van der Waals surface area contributed by atoms with Crippen LogP contribution in [-0.4, -0.2) is 23.1 Å². The van der Waals surface area contributed by atoms with Crippen LogP contribution in [0.5, 0.6) is 0 Å². The Labute approximate surface area is 106 Å². The largest absolute Gasteiger partial charge is 0.489 e. The number of nitrogens with two attached hydrogens (primary N) is 1. The van der Waals surface area contributed by atoms with Crippen LogP contribution in [0.15, 0.2) is 6.07 Å². The minimum atomic E-state index is -1.66. The Morgan fingerprint density at radius 2 is 1.88 bits per heavy atom. The molecule has 92 valence electrons. The Morgan fingerprint density at radius 3 is 2.24 bits per heavy atom. The number of hydrogen-bond acceptors (Lipinski definition) is 3. The van der Waals surface area contributed by atoms with E-state index in [2.05, 4.69) is 0 Å². The van der Waals surface area contributed by atoms with Gasteiger partial charge in [-0.15, -0.1) is 0 Å². The molecule has 0 bridgehead atoms. The van der Waals surface area contributed by atoms with E-state index in [1.54, 1.807) is 0 Å². The van der Waals surface area contributed by atoms with Crippen molar-refractivity contribution >= 4 is 30.1 Å². The van der Waals surface area contributed by atoms with Crippen LogP contribution in [-0.2, 0) is 12.8 Å². The number of carbonyl (C=O) groups is 1. The van der Waals surface area contributed by atoms with Crippen LogP contribution in [0.3, 0.4) is 0 Å². The maximum Gasteiger partial charge on any atom is 0.489 e. The van der Waals surface area contributed by atoms with E-state index in [-0.39, 0.29) is 5.56 Å². The molecule has 1 aromatic carbocycles. The molecule has 0 fully saturated rings. The molecule has 0 atom stereocenters. The molecule has 0 aromatic heterocycles. The maximum absolute atomic E-state index is 11.3. The van der Waals surface area contributed by atoms with Crippen molar-refractivity contribution in [2.45, 2.75) is 26.7 Å². The van der Waals surface area contributed by atoms with Crippen LogP contribution in [0.1, 0.15) is 35.3 Å². The van der Waals surface area contributed by atoms with E-state index in [1.165, 1.54) is 6.07 Å². The predicted molar refractivity (Wildman–Crippen MR) is 68.6 cm³/mol. The molecule has 1 amide bonds. The Balaban J connectivity index is 3.65. The highest BCUT2D eigenvalue weighted by Crippen LogP contribution is 2.21. The fourth-order valence-electron chi connectivity index (χ4n) is 2.03. The minimum Gasteiger partial charge on any atom is -0.423 e. The number of carbonyl (C=O) groups excluding carboxylic acids is 1. The zero-order valence-corrected chi connectivity index (χ0v) is 10.6. The van der Waals surface area contributed by atoms with Crippen LogP contribution in [0.2, 0.25) is 5.02 Å². The lowest BCUT2D eigenvalue weighted by atomic mass is 9.71. The second-order valence-corrected chi connectivity index (χ2v) is 4.13. The van der Waals surface area contributed by atoms with Gasteiger partial charge in [-0.3, -0.25) is 4.79 Å². The standard InChI is InChI=1S/C11H15BClNO3/c1-3-6-8(11(14)15)5-9(13)7(4-2)10(6)12(16)17/h5,16-17H,3-4H2,1-2H3,(H2,14,15). The lowest BCUT2D eigenvalue weighted by Gasteiger charge is -2.17. The monoisotopic (exact) mass is 255 g/mol. The summed E-state index contributed by atoms with van der Waals surface area (Å²) in [5, 5.41) is 19.2. The lowest BCUT2D eigenvalue weighted by molar-refractivity contribution is 0.0999. The van der Waals surface area contributed by atoms with Gasteiger partial charge in [0.2, 0.25) is 5.91 Å². The van der Waals surface area contributed by atoms with Gasteiger partial charge in [0.25, 0.3) is 0 Å². The first-order valence-electron chi connectivity index (χ1n) is 5.44. The van der Waals surface area contributed by atoms with Crippen molar-refractivity contribution in [2.24, 2.45) is 5.73 Å². The summed E-state index contributed by atoms with van der Waals surface area (Å²) >= 11 is 6.02. The lowest BCUT2D eigenvalue weighted by Crippen LogP contribution is -2.38. The third-order valence-electron chi connectivity index (χ3n) is 2.77. The van der Waals surface area contributed by atoms with Gasteiger partial charge in [0.15, 0.2) is 0 Å². The third-order valence-corrected chi connectivity index (χ3v) is 3.10. The average Bonchev–Trinajstić information content (AvgIpc) is 2.26. The summed E-state index contributed by atoms with van der Waals surface area (Å²) in [6.07, 6.45) is 1.03. The fraction of sp³-hybridized carbons (Fsp3) is 0.364. The normalized spacial score (nSPS) is 10.4. The van der Waals surface area contributed by atoms with Crippen LogP contribution in [0.25, 0.3) is 0 Å². The summed E-state index contributed by atoms with van der Waals surface area (Å²) < 4.78 is 0. The summed E-state index contributed by atoms with van der Waals surface area (Å²) in [4.78, 5) is 11.3. The van der Waals surface area contributed by atoms with Crippen molar-refractivity contribution < 1.29 is 14.8 Å². The van der Waals surface area contributed by atoms with E-state index in [0.717, 1.165) is 0 Å². The van der Waals surface area contributed by atoms with Crippen LogP contribution in [0, 0.1) is 0 Å². The van der Waals surface area contributed by atoms with Gasteiger partial charge in [0, 0.05) is 10.6 Å². The third kappa shape index (κ3) is 2.62. The molecule has 0 aliphatic rings. The predicted octanol–water partition coefficient (Wildman–Crippen LogP) is 0.244. The molecule has 17 heavy (non-hydrogen) atoms. The van der Waals surface area contributed by atoms with E-state index in [1.807, 2.05) is 13.8 Å². The van der Waals surface area contributed by atoms with Crippen molar-refractivity contribution in [2.75, 3.05) is 0 Å². The average molecular weight is 256 g/mol. The van der Waals surface area contributed by atoms with E-state index in [0.29, 0.717) is 34.5 Å². The number of halogens is 1. The highest BCUT2D eigenvalue weighted by molar-refractivity contribution is 6.60. The Kier molecular flexibility index (Phi) is 4.57. The van der Waals surface area contributed by atoms with Gasteiger partial charge in [0.1, 0.15) is 0 Å². The molecular weight excluding hydrogens is 240 g/mol.